The summed E-state index contributed by atoms with van der Waals surface area (Å²) in [5.74, 6) is -0.541. The van der Waals surface area contributed by atoms with Crippen LogP contribution in [-0.4, -0.2) is 44.3 Å². The Morgan fingerprint density at radius 1 is 0.761 bits per heavy atom. The molecule has 7 nitrogen and oxygen atoms in total. The van der Waals surface area contributed by atoms with Gasteiger partial charge >= 0.3 is 0 Å². The second kappa shape index (κ2) is 15.2. The lowest BCUT2D eigenvalue weighted by molar-refractivity contribution is -0.140. The lowest BCUT2D eigenvalue weighted by Crippen LogP contribution is -2.54. The first kappa shape index (κ1) is 34.4. The first-order chi connectivity index (χ1) is 21.9. The Labute approximate surface area is 274 Å². The summed E-state index contributed by atoms with van der Waals surface area (Å²) in [5, 5.41) is 3.04. The molecular formula is C38H45N3O4S. The zero-order valence-electron chi connectivity index (χ0n) is 27.7. The molecule has 0 aliphatic heterocycles. The minimum absolute atomic E-state index is 0.0905. The number of carbonyl (C=O) groups excluding carboxylic acids is 2. The number of sulfonamides is 1. The maximum absolute atomic E-state index is 14.7. The SMILES string of the molecule is Cc1ccc(S(=O)(=O)N(CC(=O)N(Cc2ccccc2C)C(Cc2ccccc2)C(=O)NCC(C)C)c2cccc(C)c2C)cc1. The molecule has 0 saturated heterocycles. The smallest absolute Gasteiger partial charge is 0.264 e. The largest absolute Gasteiger partial charge is 0.354 e. The number of amides is 2. The number of carbonyl (C=O) groups is 2. The molecule has 8 heteroatoms. The van der Waals surface area contributed by atoms with Crippen molar-refractivity contribution < 1.29 is 18.0 Å². The molecule has 0 fully saturated rings. The van der Waals surface area contributed by atoms with Crippen molar-refractivity contribution in [1.29, 1.82) is 0 Å². The van der Waals surface area contributed by atoms with Gasteiger partial charge in [-0.25, -0.2) is 8.42 Å². The Balaban J connectivity index is 1.84. The van der Waals surface area contributed by atoms with Crippen molar-refractivity contribution in [3.05, 3.63) is 130 Å². The van der Waals surface area contributed by atoms with Crippen LogP contribution in [0.25, 0.3) is 0 Å². The van der Waals surface area contributed by atoms with Crippen molar-refractivity contribution in [1.82, 2.24) is 10.2 Å². The Bertz CT molecular complexity index is 1750. The van der Waals surface area contributed by atoms with Gasteiger partial charge in [-0.1, -0.05) is 98.3 Å². The van der Waals surface area contributed by atoms with Crippen LogP contribution in [0.3, 0.4) is 0 Å². The summed E-state index contributed by atoms with van der Waals surface area (Å²) in [7, 11) is -4.16. The Kier molecular flexibility index (Phi) is 11.4. The van der Waals surface area contributed by atoms with Gasteiger partial charge in [0.05, 0.1) is 10.6 Å². The maximum Gasteiger partial charge on any atom is 0.264 e. The zero-order valence-corrected chi connectivity index (χ0v) is 28.5. The highest BCUT2D eigenvalue weighted by atomic mass is 32.2. The molecule has 2 amide bonds. The normalized spacial score (nSPS) is 12.1. The predicted octanol–water partition coefficient (Wildman–Crippen LogP) is 6.53. The van der Waals surface area contributed by atoms with Gasteiger partial charge < -0.3 is 10.2 Å². The summed E-state index contributed by atoms with van der Waals surface area (Å²) in [6, 6.07) is 28.5. The lowest BCUT2D eigenvalue weighted by Gasteiger charge is -2.34. The molecule has 4 aromatic rings. The fourth-order valence-corrected chi connectivity index (χ4v) is 6.78. The molecule has 4 aromatic carbocycles. The Morgan fingerprint density at radius 2 is 1.39 bits per heavy atom. The third-order valence-corrected chi connectivity index (χ3v) is 10.1. The van der Waals surface area contributed by atoms with Gasteiger partial charge in [-0.2, -0.15) is 0 Å². The van der Waals surface area contributed by atoms with E-state index in [4.69, 9.17) is 0 Å². The number of hydrogen-bond donors (Lipinski definition) is 1. The van der Waals surface area contributed by atoms with Gasteiger partial charge in [0.15, 0.2) is 0 Å². The van der Waals surface area contributed by atoms with Gasteiger partial charge in [-0.3, -0.25) is 13.9 Å². The molecule has 0 spiro atoms. The Morgan fingerprint density at radius 3 is 2.04 bits per heavy atom. The molecule has 0 aliphatic rings. The molecule has 0 aromatic heterocycles. The molecule has 0 saturated carbocycles. The molecule has 0 heterocycles. The molecule has 242 valence electrons. The van der Waals surface area contributed by atoms with Gasteiger partial charge in [-0.05, 0) is 79.6 Å². The van der Waals surface area contributed by atoms with Gasteiger partial charge in [0, 0.05) is 19.5 Å². The molecule has 1 N–H and O–H groups in total. The molecule has 4 rings (SSSR count). The van der Waals surface area contributed by atoms with E-state index in [1.807, 2.05) is 102 Å². The zero-order chi connectivity index (χ0) is 33.4. The number of aryl methyl sites for hydroxylation is 3. The van der Waals surface area contributed by atoms with Crippen LogP contribution in [-0.2, 0) is 32.6 Å². The van der Waals surface area contributed by atoms with Crippen LogP contribution in [0.1, 0.15) is 47.2 Å². The third kappa shape index (κ3) is 8.43. The third-order valence-electron chi connectivity index (χ3n) is 8.29. The summed E-state index contributed by atoms with van der Waals surface area (Å²) < 4.78 is 29.8. The summed E-state index contributed by atoms with van der Waals surface area (Å²) >= 11 is 0. The summed E-state index contributed by atoms with van der Waals surface area (Å²) in [5.41, 5.74) is 5.76. The van der Waals surface area contributed by atoms with E-state index in [0.29, 0.717) is 12.2 Å². The van der Waals surface area contributed by atoms with Gasteiger partial charge in [0.2, 0.25) is 11.8 Å². The van der Waals surface area contributed by atoms with Crippen LogP contribution in [0.5, 0.6) is 0 Å². The monoisotopic (exact) mass is 639 g/mol. The first-order valence-corrected chi connectivity index (χ1v) is 17.1. The van der Waals surface area contributed by atoms with E-state index < -0.39 is 28.5 Å². The van der Waals surface area contributed by atoms with Crippen LogP contribution in [0.2, 0.25) is 0 Å². The topological polar surface area (TPSA) is 86.8 Å². The van der Waals surface area contributed by atoms with Crippen molar-refractivity contribution in [2.75, 3.05) is 17.4 Å². The second-order valence-corrected chi connectivity index (χ2v) is 14.2. The van der Waals surface area contributed by atoms with Crippen LogP contribution in [0, 0.1) is 33.6 Å². The van der Waals surface area contributed by atoms with E-state index in [1.54, 1.807) is 41.3 Å². The average Bonchev–Trinajstić information content (AvgIpc) is 3.03. The number of rotatable bonds is 13. The second-order valence-electron chi connectivity index (χ2n) is 12.3. The molecule has 1 unspecified atom stereocenters. The number of anilines is 1. The minimum Gasteiger partial charge on any atom is -0.354 e. The lowest BCUT2D eigenvalue weighted by atomic mass is 10.0. The Hall–Kier alpha value is -4.43. The maximum atomic E-state index is 14.7. The molecule has 0 bridgehead atoms. The number of benzene rings is 4. The van der Waals surface area contributed by atoms with E-state index in [9.17, 15) is 18.0 Å². The molecule has 0 radical (unpaired) electrons. The van der Waals surface area contributed by atoms with E-state index in [2.05, 4.69) is 5.32 Å². The highest BCUT2D eigenvalue weighted by Gasteiger charge is 2.35. The molecule has 46 heavy (non-hydrogen) atoms. The number of nitrogens with one attached hydrogen (secondary N) is 1. The summed E-state index contributed by atoms with van der Waals surface area (Å²) in [6.45, 7) is 11.8. The van der Waals surface area contributed by atoms with Crippen molar-refractivity contribution in [2.24, 2.45) is 5.92 Å². The van der Waals surface area contributed by atoms with Gasteiger partial charge in [-0.15, -0.1) is 0 Å². The first-order valence-electron chi connectivity index (χ1n) is 15.7. The van der Waals surface area contributed by atoms with Crippen LogP contribution in [0.15, 0.2) is 102 Å². The van der Waals surface area contributed by atoms with Crippen molar-refractivity contribution in [3.63, 3.8) is 0 Å². The molecule has 0 aliphatic carbocycles. The predicted molar refractivity (Wildman–Crippen MR) is 185 cm³/mol. The van der Waals surface area contributed by atoms with E-state index in [1.165, 1.54) is 4.31 Å². The standard InChI is InChI=1S/C38H45N3O4S/c1-27(2)24-39-38(43)36(23-32-15-8-7-9-16-32)40(25-33-17-11-10-13-30(33)5)37(42)26-41(35-18-12-14-29(4)31(35)6)46(44,45)34-21-19-28(3)20-22-34/h7-22,27,36H,23-26H2,1-6H3,(H,39,43). The van der Waals surface area contributed by atoms with Crippen molar-refractivity contribution >= 4 is 27.5 Å². The minimum atomic E-state index is -4.16. The van der Waals surface area contributed by atoms with E-state index >= 15 is 0 Å². The average molecular weight is 640 g/mol. The highest BCUT2D eigenvalue weighted by Crippen LogP contribution is 2.29. The fourth-order valence-electron chi connectivity index (χ4n) is 5.30. The molecule has 1 atom stereocenters. The fraction of sp³-hybridized carbons (Fsp3) is 0.316. The van der Waals surface area contributed by atoms with Gasteiger partial charge in [0.1, 0.15) is 12.6 Å². The van der Waals surface area contributed by atoms with Gasteiger partial charge in [0.25, 0.3) is 10.0 Å². The van der Waals surface area contributed by atoms with Crippen LogP contribution < -0.4 is 9.62 Å². The summed E-state index contributed by atoms with van der Waals surface area (Å²) in [6.07, 6.45) is 0.274. The van der Waals surface area contributed by atoms with Crippen LogP contribution >= 0.6 is 0 Å². The summed E-state index contributed by atoms with van der Waals surface area (Å²) in [4.78, 5) is 30.3. The number of hydrogen-bond acceptors (Lipinski definition) is 4. The van der Waals surface area contributed by atoms with Crippen LogP contribution in [0.4, 0.5) is 5.69 Å². The quantitative estimate of drug-likeness (QED) is 0.180. The van der Waals surface area contributed by atoms with Crippen molar-refractivity contribution in [3.8, 4) is 0 Å². The van der Waals surface area contributed by atoms with E-state index in [0.717, 1.165) is 33.4 Å². The molecular weight excluding hydrogens is 595 g/mol. The number of nitrogens with zero attached hydrogens (tertiary/aromatic N) is 2. The highest BCUT2D eigenvalue weighted by molar-refractivity contribution is 7.92. The van der Waals surface area contributed by atoms with E-state index in [-0.39, 0.29) is 29.7 Å². The van der Waals surface area contributed by atoms with Crippen molar-refractivity contribution in [2.45, 2.75) is 65.4 Å².